The molecule has 2 amide bonds. The number of carbonyl (C=O) groups is 2. The van der Waals surface area contributed by atoms with Crippen molar-refractivity contribution in [2.45, 2.75) is 63.3 Å². The summed E-state index contributed by atoms with van der Waals surface area (Å²) in [6.45, 7) is 2.02. The molecule has 2 aliphatic carbocycles. The predicted octanol–water partition coefficient (Wildman–Crippen LogP) is 5.81. The van der Waals surface area contributed by atoms with Crippen molar-refractivity contribution >= 4 is 17.5 Å². The van der Waals surface area contributed by atoms with E-state index in [0.717, 1.165) is 29.5 Å². The van der Waals surface area contributed by atoms with Crippen molar-refractivity contribution in [2.75, 3.05) is 5.32 Å². The van der Waals surface area contributed by atoms with E-state index < -0.39 is 5.41 Å². The maximum atomic E-state index is 13.2. The fourth-order valence-corrected chi connectivity index (χ4v) is 5.17. The number of amides is 2. The smallest absolute Gasteiger partial charge is 0.251 e. The van der Waals surface area contributed by atoms with Gasteiger partial charge in [0.05, 0.1) is 5.41 Å². The Kier molecular flexibility index (Phi) is 6.44. The van der Waals surface area contributed by atoms with E-state index in [1.165, 1.54) is 31.4 Å². The summed E-state index contributed by atoms with van der Waals surface area (Å²) in [7, 11) is 0. The van der Waals surface area contributed by atoms with Crippen LogP contribution in [0.3, 0.4) is 0 Å². The molecule has 0 aliphatic heterocycles. The van der Waals surface area contributed by atoms with Gasteiger partial charge < -0.3 is 20.8 Å². The molecule has 0 bridgehead atoms. The molecule has 3 aromatic carbocycles. The molecule has 5 rings (SSSR count). The second-order valence-corrected chi connectivity index (χ2v) is 10.2. The molecule has 0 heterocycles. The van der Waals surface area contributed by atoms with Gasteiger partial charge >= 0.3 is 0 Å². The van der Waals surface area contributed by atoms with Gasteiger partial charge in [0.2, 0.25) is 5.91 Å². The number of nitrogens with one attached hydrogen (secondary N) is 2. The Morgan fingerprint density at radius 2 is 1.58 bits per heavy atom. The molecule has 0 radical (unpaired) electrons. The quantitative estimate of drug-likeness (QED) is 0.332. The molecule has 2 aliphatic rings. The van der Waals surface area contributed by atoms with E-state index in [0.29, 0.717) is 29.7 Å². The van der Waals surface area contributed by atoms with Gasteiger partial charge in [-0.05, 0) is 91.3 Å². The Labute approximate surface area is 211 Å². The number of hydrogen-bond acceptors (Lipinski definition) is 4. The van der Waals surface area contributed by atoms with Crippen LogP contribution in [0.1, 0.15) is 66.4 Å². The van der Waals surface area contributed by atoms with E-state index in [1.54, 1.807) is 6.07 Å². The minimum Gasteiger partial charge on any atom is -0.504 e. The summed E-state index contributed by atoms with van der Waals surface area (Å²) in [5.41, 5.74) is 4.38. The van der Waals surface area contributed by atoms with Crippen molar-refractivity contribution < 1.29 is 19.8 Å². The summed E-state index contributed by atoms with van der Waals surface area (Å²) in [5.74, 6) is -0.575. The van der Waals surface area contributed by atoms with Crippen molar-refractivity contribution in [3.05, 3.63) is 77.4 Å². The lowest BCUT2D eigenvalue weighted by atomic mass is 9.94. The van der Waals surface area contributed by atoms with E-state index in [4.69, 9.17) is 0 Å². The third kappa shape index (κ3) is 4.81. The Bertz CT molecular complexity index is 1290. The van der Waals surface area contributed by atoms with Crippen LogP contribution in [0, 0.1) is 6.92 Å². The summed E-state index contributed by atoms with van der Waals surface area (Å²) in [6, 6.07) is 18.3. The SMILES string of the molecule is Cc1ccc(NC(=O)C2(c3ccc(O)c(O)c3)CC2)cc1-c1ccc(C(=O)NC2CCCCC2)cc1. The summed E-state index contributed by atoms with van der Waals surface area (Å²) < 4.78 is 0. The maximum Gasteiger partial charge on any atom is 0.251 e. The number of phenols is 2. The van der Waals surface area contributed by atoms with Gasteiger partial charge in [0.1, 0.15) is 0 Å². The highest BCUT2D eigenvalue weighted by molar-refractivity contribution is 6.02. The summed E-state index contributed by atoms with van der Waals surface area (Å²) in [4.78, 5) is 25.9. The molecule has 186 valence electrons. The Hall–Kier alpha value is -3.80. The first-order valence-corrected chi connectivity index (χ1v) is 12.7. The Balaban J connectivity index is 1.30. The van der Waals surface area contributed by atoms with Gasteiger partial charge in [0.25, 0.3) is 5.91 Å². The van der Waals surface area contributed by atoms with Crippen molar-refractivity contribution in [3.63, 3.8) is 0 Å². The zero-order chi connectivity index (χ0) is 25.3. The van der Waals surface area contributed by atoms with E-state index in [9.17, 15) is 19.8 Å². The highest BCUT2D eigenvalue weighted by Gasteiger charge is 2.51. The standard InChI is InChI=1S/C30H32N2O4/c1-19-7-13-24(32-29(36)30(15-16-30)22-12-14-26(33)27(34)17-22)18-25(19)20-8-10-21(11-9-20)28(35)31-23-5-3-2-4-6-23/h7-14,17-18,23,33-34H,2-6,15-16H2,1H3,(H,31,35)(H,32,36). The fraction of sp³-hybridized carbons (Fsp3) is 0.333. The zero-order valence-electron chi connectivity index (χ0n) is 20.5. The van der Waals surface area contributed by atoms with E-state index in [1.807, 2.05) is 49.4 Å². The maximum absolute atomic E-state index is 13.2. The lowest BCUT2D eigenvalue weighted by molar-refractivity contribution is -0.118. The summed E-state index contributed by atoms with van der Waals surface area (Å²) in [5, 5.41) is 25.7. The van der Waals surface area contributed by atoms with Crippen LogP contribution in [0.25, 0.3) is 11.1 Å². The highest BCUT2D eigenvalue weighted by atomic mass is 16.3. The minimum atomic E-state index is -0.691. The van der Waals surface area contributed by atoms with Gasteiger partial charge in [-0.15, -0.1) is 0 Å². The number of hydrogen-bond donors (Lipinski definition) is 4. The number of aryl methyl sites for hydroxylation is 1. The molecule has 6 nitrogen and oxygen atoms in total. The number of rotatable bonds is 6. The minimum absolute atomic E-state index is 0.0267. The van der Waals surface area contributed by atoms with E-state index in [2.05, 4.69) is 10.6 Å². The third-order valence-electron chi connectivity index (χ3n) is 7.61. The fourth-order valence-electron chi connectivity index (χ4n) is 5.17. The molecule has 0 saturated heterocycles. The largest absolute Gasteiger partial charge is 0.504 e. The molecule has 0 spiro atoms. The van der Waals surface area contributed by atoms with Crippen LogP contribution in [0.2, 0.25) is 0 Å². The predicted molar refractivity (Wildman–Crippen MR) is 140 cm³/mol. The van der Waals surface area contributed by atoms with E-state index >= 15 is 0 Å². The van der Waals surface area contributed by atoms with Crippen LogP contribution < -0.4 is 10.6 Å². The number of phenolic OH excluding ortho intramolecular Hbond substituents is 2. The monoisotopic (exact) mass is 484 g/mol. The van der Waals surface area contributed by atoms with Crippen molar-refractivity contribution in [2.24, 2.45) is 0 Å². The zero-order valence-corrected chi connectivity index (χ0v) is 20.5. The molecule has 36 heavy (non-hydrogen) atoms. The van der Waals surface area contributed by atoms with Crippen molar-refractivity contribution in [1.82, 2.24) is 5.32 Å². The molecule has 6 heteroatoms. The Morgan fingerprint density at radius 3 is 2.25 bits per heavy atom. The molecule has 2 fully saturated rings. The molecule has 2 saturated carbocycles. The summed E-state index contributed by atoms with van der Waals surface area (Å²) in [6.07, 6.45) is 7.08. The molecule has 0 unspecified atom stereocenters. The number of carbonyl (C=O) groups excluding carboxylic acids is 2. The first-order valence-electron chi connectivity index (χ1n) is 12.7. The van der Waals surface area contributed by atoms with Crippen LogP contribution in [-0.2, 0) is 10.2 Å². The van der Waals surface area contributed by atoms with Gasteiger partial charge in [-0.2, -0.15) is 0 Å². The van der Waals surface area contributed by atoms with Gasteiger partial charge in [-0.1, -0.05) is 43.5 Å². The third-order valence-corrected chi connectivity index (χ3v) is 7.61. The van der Waals surface area contributed by atoms with Crippen molar-refractivity contribution in [3.8, 4) is 22.6 Å². The van der Waals surface area contributed by atoms with Gasteiger partial charge in [-0.25, -0.2) is 0 Å². The average Bonchev–Trinajstić information content (AvgIpc) is 3.70. The first kappa shape index (κ1) is 23.9. The normalized spacial score (nSPS) is 16.8. The second-order valence-electron chi connectivity index (χ2n) is 10.2. The Morgan fingerprint density at radius 1 is 0.861 bits per heavy atom. The first-order chi connectivity index (χ1) is 17.4. The topological polar surface area (TPSA) is 98.7 Å². The summed E-state index contributed by atoms with van der Waals surface area (Å²) >= 11 is 0. The van der Waals surface area contributed by atoms with Crippen LogP contribution in [0.4, 0.5) is 5.69 Å². The van der Waals surface area contributed by atoms with Gasteiger partial charge in [0.15, 0.2) is 11.5 Å². The number of benzene rings is 3. The highest BCUT2D eigenvalue weighted by Crippen LogP contribution is 2.50. The van der Waals surface area contributed by atoms with Crippen LogP contribution in [-0.4, -0.2) is 28.1 Å². The molecular formula is C30H32N2O4. The second kappa shape index (κ2) is 9.69. The molecule has 4 N–H and O–H groups in total. The molecule has 3 aromatic rings. The molecule has 0 aromatic heterocycles. The van der Waals surface area contributed by atoms with E-state index in [-0.39, 0.29) is 29.4 Å². The number of anilines is 1. The molecular weight excluding hydrogens is 452 g/mol. The van der Waals surface area contributed by atoms with Crippen LogP contribution in [0.5, 0.6) is 11.5 Å². The van der Waals surface area contributed by atoms with Gasteiger partial charge in [-0.3, -0.25) is 9.59 Å². The lowest BCUT2D eigenvalue weighted by Gasteiger charge is -2.22. The van der Waals surface area contributed by atoms with Crippen LogP contribution >= 0.6 is 0 Å². The van der Waals surface area contributed by atoms with Crippen molar-refractivity contribution in [1.29, 1.82) is 0 Å². The lowest BCUT2D eigenvalue weighted by Crippen LogP contribution is -2.36. The molecule has 0 atom stereocenters. The van der Waals surface area contributed by atoms with Gasteiger partial charge in [0, 0.05) is 17.3 Å². The average molecular weight is 485 g/mol. The van der Waals surface area contributed by atoms with Crippen LogP contribution in [0.15, 0.2) is 60.7 Å². The number of aromatic hydroxyl groups is 2.